The van der Waals surface area contributed by atoms with Crippen LogP contribution in [0.5, 0.6) is 0 Å². The molecule has 4 nitrogen and oxygen atoms in total. The number of nitrogens with zero attached hydrogens (tertiary/aromatic N) is 1. The van der Waals surface area contributed by atoms with Gasteiger partial charge in [0, 0.05) is 18.7 Å². The van der Waals surface area contributed by atoms with E-state index in [1.165, 1.54) is 0 Å². The molecule has 0 fully saturated rings. The Kier molecular flexibility index (Phi) is 5.20. The van der Waals surface area contributed by atoms with Gasteiger partial charge in [-0.25, -0.2) is 0 Å². The molecule has 0 aromatic heterocycles. The third-order valence-corrected chi connectivity index (χ3v) is 3.46. The molecule has 2 rings (SSSR count). The summed E-state index contributed by atoms with van der Waals surface area (Å²) in [5.74, 6) is -0.184. The van der Waals surface area contributed by atoms with Crippen molar-refractivity contribution < 1.29 is 9.90 Å². The minimum absolute atomic E-state index is 0.0956. The van der Waals surface area contributed by atoms with Crippen LogP contribution in [0.15, 0.2) is 48.5 Å². The molecule has 0 aliphatic rings. The molecule has 0 atom stereocenters. The van der Waals surface area contributed by atoms with E-state index in [0.717, 1.165) is 5.56 Å². The second kappa shape index (κ2) is 7.11. The minimum Gasteiger partial charge on any atom is -0.398 e. The molecule has 0 unspecified atom stereocenters. The number of nitrogen functional groups attached to an aromatic ring is 1. The number of nitrogens with two attached hydrogens (primary N) is 1. The average Bonchev–Trinajstić information content (AvgIpc) is 2.50. The SMILES string of the molecule is Nc1cc(C(=O)N(CCO)Cc2ccccc2)ccc1Cl. The number of carbonyl (C=O) groups is 1. The fourth-order valence-electron chi connectivity index (χ4n) is 2.04. The molecular weight excluding hydrogens is 288 g/mol. The Bertz CT molecular complexity index is 617. The van der Waals surface area contributed by atoms with E-state index in [9.17, 15) is 4.79 Å². The summed E-state index contributed by atoms with van der Waals surface area (Å²) in [6, 6.07) is 14.4. The first kappa shape index (κ1) is 15.4. The highest BCUT2D eigenvalue weighted by Crippen LogP contribution is 2.21. The maximum Gasteiger partial charge on any atom is 0.254 e. The molecule has 0 saturated heterocycles. The molecule has 3 N–H and O–H groups in total. The quantitative estimate of drug-likeness (QED) is 0.834. The Balaban J connectivity index is 2.20. The van der Waals surface area contributed by atoms with Gasteiger partial charge in [-0.1, -0.05) is 41.9 Å². The van der Waals surface area contributed by atoms with Gasteiger partial charge in [-0.3, -0.25) is 4.79 Å². The van der Waals surface area contributed by atoms with Crippen LogP contribution in [0.4, 0.5) is 5.69 Å². The zero-order chi connectivity index (χ0) is 15.2. The number of carbonyl (C=O) groups excluding carboxylic acids is 1. The first-order valence-corrected chi connectivity index (χ1v) is 6.98. The topological polar surface area (TPSA) is 66.6 Å². The van der Waals surface area contributed by atoms with E-state index in [1.54, 1.807) is 23.1 Å². The zero-order valence-corrected chi connectivity index (χ0v) is 12.3. The number of halogens is 1. The fraction of sp³-hybridized carbons (Fsp3) is 0.188. The zero-order valence-electron chi connectivity index (χ0n) is 11.5. The molecule has 0 heterocycles. The minimum atomic E-state index is -0.184. The molecule has 21 heavy (non-hydrogen) atoms. The van der Waals surface area contributed by atoms with Crippen LogP contribution in [-0.4, -0.2) is 29.1 Å². The first-order valence-electron chi connectivity index (χ1n) is 6.61. The highest BCUT2D eigenvalue weighted by Gasteiger charge is 2.16. The van der Waals surface area contributed by atoms with Crippen molar-refractivity contribution in [1.82, 2.24) is 4.90 Å². The number of aliphatic hydroxyl groups excluding tert-OH is 1. The summed E-state index contributed by atoms with van der Waals surface area (Å²) in [5, 5.41) is 9.59. The smallest absolute Gasteiger partial charge is 0.254 e. The summed E-state index contributed by atoms with van der Waals surface area (Å²) in [5.41, 5.74) is 7.56. The highest BCUT2D eigenvalue weighted by molar-refractivity contribution is 6.33. The molecule has 0 radical (unpaired) electrons. The van der Waals surface area contributed by atoms with Crippen LogP contribution in [0.2, 0.25) is 5.02 Å². The monoisotopic (exact) mass is 304 g/mol. The van der Waals surface area contributed by atoms with Crippen molar-refractivity contribution in [2.24, 2.45) is 0 Å². The highest BCUT2D eigenvalue weighted by atomic mass is 35.5. The summed E-state index contributed by atoms with van der Waals surface area (Å²) in [6.45, 7) is 0.598. The van der Waals surface area contributed by atoms with Gasteiger partial charge in [0.25, 0.3) is 5.91 Å². The lowest BCUT2D eigenvalue weighted by Crippen LogP contribution is -2.33. The van der Waals surface area contributed by atoms with Gasteiger partial charge in [-0.15, -0.1) is 0 Å². The van der Waals surface area contributed by atoms with Crippen molar-refractivity contribution >= 4 is 23.2 Å². The van der Waals surface area contributed by atoms with Crippen LogP contribution in [-0.2, 0) is 6.54 Å². The molecule has 0 aliphatic carbocycles. The number of amides is 1. The van der Waals surface area contributed by atoms with Crippen LogP contribution in [0.25, 0.3) is 0 Å². The number of rotatable bonds is 5. The molecule has 5 heteroatoms. The van der Waals surface area contributed by atoms with E-state index < -0.39 is 0 Å². The number of benzene rings is 2. The van der Waals surface area contributed by atoms with E-state index >= 15 is 0 Å². The molecule has 110 valence electrons. The Morgan fingerprint density at radius 1 is 1.19 bits per heavy atom. The van der Waals surface area contributed by atoms with Crippen molar-refractivity contribution in [2.45, 2.75) is 6.54 Å². The van der Waals surface area contributed by atoms with Crippen molar-refractivity contribution in [1.29, 1.82) is 0 Å². The van der Waals surface area contributed by atoms with E-state index in [1.807, 2.05) is 30.3 Å². The van der Waals surface area contributed by atoms with Gasteiger partial charge < -0.3 is 15.7 Å². The Morgan fingerprint density at radius 3 is 2.52 bits per heavy atom. The van der Waals surface area contributed by atoms with Crippen molar-refractivity contribution in [3.05, 3.63) is 64.7 Å². The first-order chi connectivity index (χ1) is 10.1. The van der Waals surface area contributed by atoms with Crippen LogP contribution >= 0.6 is 11.6 Å². The number of hydrogen-bond acceptors (Lipinski definition) is 3. The Morgan fingerprint density at radius 2 is 1.90 bits per heavy atom. The fourth-order valence-corrected chi connectivity index (χ4v) is 2.15. The van der Waals surface area contributed by atoms with Crippen molar-refractivity contribution in [2.75, 3.05) is 18.9 Å². The molecular formula is C16H17ClN2O2. The standard InChI is InChI=1S/C16H17ClN2O2/c17-14-7-6-13(10-15(14)18)16(21)19(8-9-20)11-12-4-2-1-3-5-12/h1-7,10,20H,8-9,11,18H2. The molecule has 2 aromatic rings. The van der Waals surface area contributed by atoms with Crippen LogP contribution in [0.1, 0.15) is 15.9 Å². The van der Waals surface area contributed by atoms with Gasteiger partial charge in [-0.05, 0) is 23.8 Å². The molecule has 2 aromatic carbocycles. The lowest BCUT2D eigenvalue weighted by molar-refractivity contribution is 0.0708. The average molecular weight is 305 g/mol. The number of anilines is 1. The number of aliphatic hydroxyl groups is 1. The third kappa shape index (κ3) is 3.97. The predicted octanol–water partition coefficient (Wildman–Crippen LogP) is 2.56. The van der Waals surface area contributed by atoms with Crippen LogP contribution in [0, 0.1) is 0 Å². The normalized spacial score (nSPS) is 10.4. The van der Waals surface area contributed by atoms with E-state index in [0.29, 0.717) is 22.8 Å². The van der Waals surface area contributed by atoms with Gasteiger partial charge >= 0.3 is 0 Å². The largest absolute Gasteiger partial charge is 0.398 e. The molecule has 1 amide bonds. The molecule has 0 saturated carbocycles. The third-order valence-electron chi connectivity index (χ3n) is 3.12. The lowest BCUT2D eigenvalue weighted by atomic mass is 10.1. The summed E-state index contributed by atoms with van der Waals surface area (Å²) in [6.07, 6.45) is 0. The second-order valence-electron chi connectivity index (χ2n) is 4.67. The lowest BCUT2D eigenvalue weighted by Gasteiger charge is -2.22. The number of hydrogen-bond donors (Lipinski definition) is 2. The van der Waals surface area contributed by atoms with E-state index in [4.69, 9.17) is 22.4 Å². The Hall–Kier alpha value is -2.04. The van der Waals surface area contributed by atoms with Gasteiger partial charge in [0.05, 0.1) is 17.3 Å². The molecule has 0 aliphatic heterocycles. The summed E-state index contributed by atoms with van der Waals surface area (Å²) < 4.78 is 0. The van der Waals surface area contributed by atoms with Gasteiger partial charge in [0.2, 0.25) is 0 Å². The van der Waals surface area contributed by atoms with E-state index in [-0.39, 0.29) is 19.1 Å². The van der Waals surface area contributed by atoms with Gasteiger partial charge in [-0.2, -0.15) is 0 Å². The van der Waals surface area contributed by atoms with Gasteiger partial charge in [0.15, 0.2) is 0 Å². The van der Waals surface area contributed by atoms with Gasteiger partial charge in [0.1, 0.15) is 0 Å². The maximum atomic E-state index is 12.5. The van der Waals surface area contributed by atoms with Crippen molar-refractivity contribution in [3.8, 4) is 0 Å². The van der Waals surface area contributed by atoms with Crippen LogP contribution in [0.3, 0.4) is 0 Å². The van der Waals surface area contributed by atoms with Crippen LogP contribution < -0.4 is 5.73 Å². The second-order valence-corrected chi connectivity index (χ2v) is 5.08. The van der Waals surface area contributed by atoms with Crippen molar-refractivity contribution in [3.63, 3.8) is 0 Å². The molecule has 0 spiro atoms. The van der Waals surface area contributed by atoms with E-state index in [2.05, 4.69) is 0 Å². The summed E-state index contributed by atoms with van der Waals surface area (Å²) in [4.78, 5) is 14.1. The predicted molar refractivity (Wildman–Crippen MR) is 84.1 cm³/mol. The maximum absolute atomic E-state index is 12.5. The summed E-state index contributed by atoms with van der Waals surface area (Å²) >= 11 is 5.87. The molecule has 0 bridgehead atoms. The Labute approximate surface area is 128 Å². The summed E-state index contributed by atoms with van der Waals surface area (Å²) in [7, 11) is 0.